The third kappa shape index (κ3) is 3.83. The SMILES string of the molecule is CCCCCC(Br)C1=C(N)C(=C(Br)Br)OC1=O. The Morgan fingerprint density at radius 1 is 1.41 bits per heavy atom. The van der Waals surface area contributed by atoms with E-state index in [1.165, 1.54) is 0 Å². The molecule has 1 unspecified atom stereocenters. The smallest absolute Gasteiger partial charge is 0.342 e. The van der Waals surface area contributed by atoms with Crippen molar-refractivity contribution in [2.75, 3.05) is 0 Å². The van der Waals surface area contributed by atoms with Crippen LogP contribution in [0.1, 0.15) is 32.6 Å². The lowest BCUT2D eigenvalue weighted by atomic mass is 10.1. The van der Waals surface area contributed by atoms with Gasteiger partial charge in [0.05, 0.1) is 11.3 Å². The quantitative estimate of drug-likeness (QED) is 0.405. The van der Waals surface area contributed by atoms with Crippen LogP contribution in [-0.4, -0.2) is 10.8 Å². The summed E-state index contributed by atoms with van der Waals surface area (Å²) in [7, 11) is 0. The monoisotopic (exact) mass is 429 g/mol. The summed E-state index contributed by atoms with van der Waals surface area (Å²) in [5.74, 6) is -0.00258. The zero-order chi connectivity index (χ0) is 13.0. The van der Waals surface area contributed by atoms with Crippen LogP contribution in [0.5, 0.6) is 0 Å². The molecule has 0 spiro atoms. The van der Waals surface area contributed by atoms with Crippen molar-refractivity contribution in [3.8, 4) is 0 Å². The predicted molar refractivity (Wildman–Crippen MR) is 79.0 cm³/mol. The molecule has 96 valence electrons. The standard InChI is InChI=1S/C11H14Br3NO2/c1-2-3-4-5-6(12)7-8(15)9(10(13)14)17-11(7)16/h6H,2-5,15H2,1H3. The van der Waals surface area contributed by atoms with Crippen LogP contribution in [0.15, 0.2) is 20.4 Å². The third-order valence-electron chi connectivity index (χ3n) is 2.50. The zero-order valence-electron chi connectivity index (χ0n) is 9.43. The molecule has 0 amide bonds. The lowest BCUT2D eigenvalue weighted by Gasteiger charge is -2.08. The van der Waals surface area contributed by atoms with Gasteiger partial charge in [-0.1, -0.05) is 42.1 Å². The number of alkyl halides is 1. The molecule has 1 atom stereocenters. The molecule has 1 rings (SSSR count). The minimum absolute atomic E-state index is 0.0431. The molecular formula is C11H14Br3NO2. The maximum Gasteiger partial charge on any atom is 0.342 e. The summed E-state index contributed by atoms with van der Waals surface area (Å²) in [4.78, 5) is 11.7. The summed E-state index contributed by atoms with van der Waals surface area (Å²) in [6, 6.07) is 0. The highest BCUT2D eigenvalue weighted by Gasteiger charge is 2.33. The lowest BCUT2D eigenvalue weighted by Crippen LogP contribution is -2.13. The summed E-state index contributed by atoms with van der Waals surface area (Å²) in [5, 5.41) is 0. The summed E-state index contributed by atoms with van der Waals surface area (Å²) < 4.78 is 5.65. The van der Waals surface area contributed by atoms with Crippen LogP contribution < -0.4 is 5.73 Å². The van der Waals surface area contributed by atoms with Crippen molar-refractivity contribution in [1.82, 2.24) is 0 Å². The normalized spacial score (nSPS) is 17.4. The Morgan fingerprint density at radius 3 is 2.53 bits per heavy atom. The van der Waals surface area contributed by atoms with E-state index in [0.29, 0.717) is 20.4 Å². The van der Waals surface area contributed by atoms with E-state index in [2.05, 4.69) is 54.7 Å². The first-order valence-electron chi connectivity index (χ1n) is 5.40. The van der Waals surface area contributed by atoms with Gasteiger partial charge in [-0.25, -0.2) is 4.79 Å². The molecule has 0 bridgehead atoms. The highest BCUT2D eigenvalue weighted by atomic mass is 79.9. The maximum absolute atomic E-state index is 11.7. The molecule has 17 heavy (non-hydrogen) atoms. The van der Waals surface area contributed by atoms with Crippen molar-refractivity contribution in [2.24, 2.45) is 5.73 Å². The van der Waals surface area contributed by atoms with E-state index in [9.17, 15) is 4.79 Å². The number of nitrogens with two attached hydrogens (primary N) is 1. The number of rotatable bonds is 5. The number of ether oxygens (including phenoxy) is 1. The van der Waals surface area contributed by atoms with E-state index in [4.69, 9.17) is 10.5 Å². The van der Waals surface area contributed by atoms with Gasteiger partial charge in [0.2, 0.25) is 0 Å². The molecule has 0 saturated heterocycles. The summed E-state index contributed by atoms with van der Waals surface area (Å²) in [5.41, 5.74) is 6.83. The van der Waals surface area contributed by atoms with Crippen LogP contribution in [0.3, 0.4) is 0 Å². The van der Waals surface area contributed by atoms with Gasteiger partial charge in [0.1, 0.15) is 3.39 Å². The molecule has 0 aromatic carbocycles. The Labute approximate surface area is 126 Å². The van der Waals surface area contributed by atoms with Crippen LogP contribution in [0.2, 0.25) is 0 Å². The van der Waals surface area contributed by atoms with Crippen molar-refractivity contribution < 1.29 is 9.53 Å². The minimum atomic E-state index is -0.368. The van der Waals surface area contributed by atoms with Gasteiger partial charge in [-0.2, -0.15) is 0 Å². The highest BCUT2D eigenvalue weighted by Crippen LogP contribution is 2.35. The van der Waals surface area contributed by atoms with E-state index in [1.807, 2.05) is 0 Å². The molecule has 6 heteroatoms. The van der Waals surface area contributed by atoms with Gasteiger partial charge in [0.25, 0.3) is 0 Å². The molecule has 0 aliphatic carbocycles. The number of hydrogen-bond acceptors (Lipinski definition) is 3. The molecule has 1 aliphatic heterocycles. The first-order chi connectivity index (χ1) is 7.99. The summed E-state index contributed by atoms with van der Waals surface area (Å²) >= 11 is 9.90. The van der Waals surface area contributed by atoms with Crippen molar-refractivity contribution >= 4 is 53.8 Å². The third-order valence-corrected chi connectivity index (χ3v) is 4.13. The number of cyclic esters (lactones) is 1. The minimum Gasteiger partial charge on any atom is -0.419 e. The van der Waals surface area contributed by atoms with E-state index >= 15 is 0 Å². The Kier molecular flexibility index (Phi) is 6.23. The van der Waals surface area contributed by atoms with Gasteiger partial charge in [-0.05, 0) is 38.3 Å². The average molecular weight is 432 g/mol. The number of halogens is 3. The fourth-order valence-corrected chi connectivity index (χ4v) is 2.94. The molecule has 0 radical (unpaired) electrons. The largest absolute Gasteiger partial charge is 0.419 e. The van der Waals surface area contributed by atoms with Crippen LogP contribution in [0.25, 0.3) is 0 Å². The second-order valence-electron chi connectivity index (χ2n) is 3.77. The van der Waals surface area contributed by atoms with E-state index in [1.54, 1.807) is 0 Å². The van der Waals surface area contributed by atoms with Gasteiger partial charge in [-0.3, -0.25) is 0 Å². The Bertz CT molecular complexity index is 373. The van der Waals surface area contributed by atoms with Crippen molar-refractivity contribution in [3.05, 3.63) is 20.4 Å². The summed E-state index contributed by atoms with van der Waals surface area (Å²) in [6.45, 7) is 2.14. The summed E-state index contributed by atoms with van der Waals surface area (Å²) in [6.07, 6.45) is 4.24. The van der Waals surface area contributed by atoms with Gasteiger partial charge < -0.3 is 10.5 Å². The van der Waals surface area contributed by atoms with Gasteiger partial charge in [0, 0.05) is 4.83 Å². The molecule has 0 aromatic rings. The van der Waals surface area contributed by atoms with Crippen LogP contribution in [0.4, 0.5) is 0 Å². The van der Waals surface area contributed by atoms with Crippen molar-refractivity contribution in [2.45, 2.75) is 37.4 Å². The molecule has 0 aromatic heterocycles. The molecule has 0 saturated carbocycles. The molecule has 2 N–H and O–H groups in total. The number of unbranched alkanes of at least 4 members (excludes halogenated alkanes) is 2. The molecule has 3 nitrogen and oxygen atoms in total. The Balaban J connectivity index is 2.81. The molecule has 0 fully saturated rings. The van der Waals surface area contributed by atoms with E-state index in [-0.39, 0.29) is 10.8 Å². The Hall–Kier alpha value is 0.190. The topological polar surface area (TPSA) is 52.3 Å². The first kappa shape index (κ1) is 15.2. The predicted octanol–water partition coefficient (Wildman–Crippen LogP) is 4.06. The lowest BCUT2D eigenvalue weighted by molar-refractivity contribution is -0.133. The molecular weight excluding hydrogens is 418 g/mol. The maximum atomic E-state index is 11.7. The first-order valence-corrected chi connectivity index (χ1v) is 7.90. The van der Waals surface area contributed by atoms with E-state index < -0.39 is 0 Å². The number of carbonyl (C=O) groups excluding carboxylic acids is 1. The van der Waals surface area contributed by atoms with Crippen molar-refractivity contribution in [3.63, 3.8) is 0 Å². The van der Waals surface area contributed by atoms with Gasteiger partial charge in [0.15, 0.2) is 5.76 Å². The highest BCUT2D eigenvalue weighted by molar-refractivity contribution is 9.28. The van der Waals surface area contributed by atoms with Crippen LogP contribution >= 0.6 is 47.8 Å². The van der Waals surface area contributed by atoms with Crippen molar-refractivity contribution in [1.29, 1.82) is 0 Å². The number of esters is 1. The second-order valence-corrected chi connectivity index (χ2v) is 7.53. The second kappa shape index (κ2) is 6.95. The average Bonchev–Trinajstić information content (AvgIpc) is 2.54. The number of carbonyl (C=O) groups is 1. The molecule has 1 heterocycles. The zero-order valence-corrected chi connectivity index (χ0v) is 14.2. The fraction of sp³-hybridized carbons (Fsp3) is 0.545. The van der Waals surface area contributed by atoms with Gasteiger partial charge in [-0.15, -0.1) is 0 Å². The van der Waals surface area contributed by atoms with E-state index in [0.717, 1.165) is 25.7 Å². The van der Waals surface area contributed by atoms with Crippen LogP contribution in [-0.2, 0) is 9.53 Å². The molecule has 1 aliphatic rings. The van der Waals surface area contributed by atoms with Gasteiger partial charge >= 0.3 is 5.97 Å². The Morgan fingerprint density at radius 2 is 2.06 bits per heavy atom. The van der Waals surface area contributed by atoms with Crippen LogP contribution in [0, 0.1) is 0 Å². The fourth-order valence-electron chi connectivity index (χ4n) is 1.59. The number of hydrogen-bond donors (Lipinski definition) is 1.